The highest BCUT2D eigenvalue weighted by Crippen LogP contribution is 2.33. The van der Waals surface area contributed by atoms with Crippen LogP contribution < -0.4 is 4.74 Å². The van der Waals surface area contributed by atoms with Gasteiger partial charge in [-0.05, 0) is 62.4 Å². The molecule has 1 aliphatic heterocycles. The molecule has 0 radical (unpaired) electrons. The van der Waals surface area contributed by atoms with Gasteiger partial charge in [0, 0.05) is 17.9 Å². The van der Waals surface area contributed by atoms with Crippen LogP contribution in [0.3, 0.4) is 0 Å². The van der Waals surface area contributed by atoms with Crippen molar-refractivity contribution in [2.24, 2.45) is 0 Å². The van der Waals surface area contributed by atoms with Gasteiger partial charge in [-0.3, -0.25) is 14.5 Å². The molecule has 0 saturated carbocycles. The molecule has 1 aromatic carbocycles. The van der Waals surface area contributed by atoms with E-state index in [9.17, 15) is 9.59 Å². The number of thioether (sulfide) groups is 1. The minimum Gasteiger partial charge on any atom is -0.490 e. The number of hydrogen-bond donors (Lipinski definition) is 0. The van der Waals surface area contributed by atoms with E-state index in [0.29, 0.717) is 15.7 Å². The maximum absolute atomic E-state index is 12.6. The molecule has 27 heavy (non-hydrogen) atoms. The molecule has 0 unspecified atom stereocenters. The van der Waals surface area contributed by atoms with Gasteiger partial charge < -0.3 is 9.30 Å². The SMILES string of the molecule is CCn1c(C)cc(/C=C2\SC(=O)N(CCOc3ccccc3Cl)C2=O)c1C. The first-order valence-electron chi connectivity index (χ1n) is 8.71. The fourth-order valence-electron chi connectivity index (χ4n) is 3.10. The number of aryl methyl sites for hydroxylation is 1. The van der Waals surface area contributed by atoms with E-state index >= 15 is 0 Å². The number of hydrogen-bond acceptors (Lipinski definition) is 4. The maximum Gasteiger partial charge on any atom is 0.293 e. The van der Waals surface area contributed by atoms with Gasteiger partial charge in [-0.2, -0.15) is 0 Å². The van der Waals surface area contributed by atoms with E-state index in [4.69, 9.17) is 16.3 Å². The molecule has 0 spiro atoms. The van der Waals surface area contributed by atoms with Crippen molar-refractivity contribution in [2.45, 2.75) is 27.3 Å². The standard InChI is InChI=1S/C20H21ClN2O3S/c1-4-22-13(2)11-15(14(22)3)12-18-19(24)23(20(25)27-18)9-10-26-17-8-6-5-7-16(17)21/h5-8,11-12H,4,9-10H2,1-3H3/b18-12-. The van der Waals surface area contributed by atoms with Crippen molar-refractivity contribution in [1.29, 1.82) is 0 Å². The third-order valence-corrected chi connectivity index (χ3v) is 5.72. The average molecular weight is 405 g/mol. The highest BCUT2D eigenvalue weighted by Gasteiger charge is 2.35. The fourth-order valence-corrected chi connectivity index (χ4v) is 4.15. The van der Waals surface area contributed by atoms with Crippen LogP contribution in [0.4, 0.5) is 4.79 Å². The van der Waals surface area contributed by atoms with Crippen LogP contribution in [-0.4, -0.2) is 33.8 Å². The molecule has 5 nitrogen and oxygen atoms in total. The molecule has 0 atom stereocenters. The van der Waals surface area contributed by atoms with Crippen LogP contribution >= 0.6 is 23.4 Å². The van der Waals surface area contributed by atoms with Gasteiger partial charge in [0.15, 0.2) is 0 Å². The largest absolute Gasteiger partial charge is 0.490 e. The van der Waals surface area contributed by atoms with Crippen LogP contribution in [-0.2, 0) is 11.3 Å². The Hall–Kier alpha value is -2.18. The molecule has 0 N–H and O–H groups in total. The summed E-state index contributed by atoms with van der Waals surface area (Å²) in [5, 5.41) is 0.219. The van der Waals surface area contributed by atoms with Gasteiger partial charge in [-0.25, -0.2) is 0 Å². The lowest BCUT2D eigenvalue weighted by Gasteiger charge is -2.13. The fraction of sp³-hybridized carbons (Fsp3) is 0.300. The van der Waals surface area contributed by atoms with E-state index in [-0.39, 0.29) is 24.3 Å². The summed E-state index contributed by atoms with van der Waals surface area (Å²) in [6.07, 6.45) is 1.80. The summed E-state index contributed by atoms with van der Waals surface area (Å²) in [6.45, 7) is 7.37. The predicted octanol–water partition coefficient (Wildman–Crippen LogP) is 4.89. The van der Waals surface area contributed by atoms with E-state index in [1.54, 1.807) is 18.2 Å². The van der Waals surface area contributed by atoms with Gasteiger partial charge in [-0.1, -0.05) is 23.7 Å². The summed E-state index contributed by atoms with van der Waals surface area (Å²) in [4.78, 5) is 26.5. The first kappa shape index (κ1) is 19.6. The molecule has 7 heteroatoms. The molecular weight excluding hydrogens is 384 g/mol. The number of benzene rings is 1. The summed E-state index contributed by atoms with van der Waals surface area (Å²) in [5.41, 5.74) is 3.18. The van der Waals surface area contributed by atoms with Gasteiger partial charge in [0.2, 0.25) is 0 Å². The second-order valence-electron chi connectivity index (χ2n) is 6.18. The zero-order valence-corrected chi connectivity index (χ0v) is 17.1. The number of carbonyl (C=O) groups is 2. The molecule has 2 heterocycles. The zero-order chi connectivity index (χ0) is 19.6. The number of halogens is 1. The quantitative estimate of drug-likeness (QED) is 0.643. The van der Waals surface area contributed by atoms with Crippen LogP contribution in [0.1, 0.15) is 23.9 Å². The van der Waals surface area contributed by atoms with E-state index in [0.717, 1.165) is 35.3 Å². The van der Waals surface area contributed by atoms with Crippen molar-refractivity contribution in [2.75, 3.05) is 13.2 Å². The predicted molar refractivity (Wildman–Crippen MR) is 109 cm³/mol. The summed E-state index contributed by atoms with van der Waals surface area (Å²) < 4.78 is 7.77. The first-order valence-corrected chi connectivity index (χ1v) is 9.91. The van der Waals surface area contributed by atoms with Gasteiger partial charge in [0.25, 0.3) is 11.1 Å². The van der Waals surface area contributed by atoms with Crippen molar-refractivity contribution < 1.29 is 14.3 Å². The van der Waals surface area contributed by atoms with Gasteiger partial charge in [-0.15, -0.1) is 0 Å². The lowest BCUT2D eigenvalue weighted by atomic mass is 10.2. The number of para-hydroxylation sites is 1. The third-order valence-electron chi connectivity index (χ3n) is 4.50. The Balaban J connectivity index is 1.69. The number of rotatable bonds is 6. The summed E-state index contributed by atoms with van der Waals surface area (Å²) in [6, 6.07) is 9.14. The molecule has 142 valence electrons. The van der Waals surface area contributed by atoms with Crippen molar-refractivity contribution in [3.8, 4) is 5.75 Å². The van der Waals surface area contributed by atoms with E-state index in [1.165, 1.54) is 4.90 Å². The first-order chi connectivity index (χ1) is 12.9. The number of aromatic nitrogens is 1. The number of carbonyl (C=O) groups excluding carboxylic acids is 2. The third kappa shape index (κ3) is 4.06. The Morgan fingerprint density at radius 2 is 1.96 bits per heavy atom. The highest BCUT2D eigenvalue weighted by atomic mass is 35.5. The molecule has 1 fully saturated rings. The number of nitrogens with zero attached hydrogens (tertiary/aromatic N) is 2. The van der Waals surface area contributed by atoms with Crippen LogP contribution in [0.2, 0.25) is 5.02 Å². The summed E-state index contributed by atoms with van der Waals surface area (Å²) in [7, 11) is 0. The minimum absolute atomic E-state index is 0.182. The molecular formula is C20H21ClN2O3S. The summed E-state index contributed by atoms with van der Waals surface area (Å²) >= 11 is 7.01. The van der Waals surface area contributed by atoms with Crippen LogP contribution in [0.5, 0.6) is 5.75 Å². The van der Waals surface area contributed by atoms with Gasteiger partial charge >= 0.3 is 0 Å². The molecule has 1 aromatic heterocycles. The Kier molecular flexibility index (Phi) is 5.97. The normalized spacial score (nSPS) is 15.9. The van der Waals surface area contributed by atoms with Crippen LogP contribution in [0.25, 0.3) is 6.08 Å². The zero-order valence-electron chi connectivity index (χ0n) is 15.5. The highest BCUT2D eigenvalue weighted by molar-refractivity contribution is 8.18. The Labute approximate surface area is 167 Å². The molecule has 0 bridgehead atoms. The average Bonchev–Trinajstić information content (AvgIpc) is 3.06. The monoisotopic (exact) mass is 404 g/mol. The van der Waals surface area contributed by atoms with E-state index in [1.807, 2.05) is 32.0 Å². The van der Waals surface area contributed by atoms with Crippen molar-refractivity contribution in [1.82, 2.24) is 9.47 Å². The number of ether oxygens (including phenoxy) is 1. The van der Waals surface area contributed by atoms with Crippen LogP contribution in [0.15, 0.2) is 35.2 Å². The van der Waals surface area contributed by atoms with E-state index < -0.39 is 0 Å². The number of amides is 2. The molecule has 3 rings (SSSR count). The lowest BCUT2D eigenvalue weighted by molar-refractivity contribution is -0.123. The summed E-state index contributed by atoms with van der Waals surface area (Å²) in [5.74, 6) is 0.253. The smallest absolute Gasteiger partial charge is 0.293 e. The second-order valence-corrected chi connectivity index (χ2v) is 7.58. The lowest BCUT2D eigenvalue weighted by Crippen LogP contribution is -2.32. The van der Waals surface area contributed by atoms with E-state index in [2.05, 4.69) is 11.5 Å². The molecule has 2 aromatic rings. The molecule has 0 aliphatic carbocycles. The van der Waals surface area contributed by atoms with Gasteiger partial charge in [0.05, 0.1) is 16.5 Å². The number of imide groups is 1. The topological polar surface area (TPSA) is 51.5 Å². The Bertz CT molecular complexity index is 920. The van der Waals surface area contributed by atoms with Crippen LogP contribution in [0, 0.1) is 13.8 Å². The van der Waals surface area contributed by atoms with Crippen molar-refractivity contribution in [3.05, 3.63) is 57.2 Å². The Morgan fingerprint density at radius 3 is 2.63 bits per heavy atom. The van der Waals surface area contributed by atoms with Crippen molar-refractivity contribution in [3.63, 3.8) is 0 Å². The molecule has 1 aliphatic rings. The van der Waals surface area contributed by atoms with Gasteiger partial charge in [0.1, 0.15) is 12.4 Å². The minimum atomic E-state index is -0.283. The molecule has 1 saturated heterocycles. The van der Waals surface area contributed by atoms with Crippen molar-refractivity contribution >= 4 is 40.6 Å². The Morgan fingerprint density at radius 1 is 1.22 bits per heavy atom. The second kappa shape index (κ2) is 8.23. The molecule has 2 amide bonds. The maximum atomic E-state index is 12.6.